The molecule has 2 N–H and O–H groups in total. The number of aromatic amines is 1. The van der Waals surface area contributed by atoms with E-state index in [4.69, 9.17) is 4.98 Å². The van der Waals surface area contributed by atoms with Gasteiger partial charge < -0.3 is 10.3 Å². The summed E-state index contributed by atoms with van der Waals surface area (Å²) in [5.74, 6) is 2.62. The number of aromatic nitrogens is 2. The van der Waals surface area contributed by atoms with Crippen molar-refractivity contribution in [3.05, 3.63) is 17.2 Å². The lowest BCUT2D eigenvalue weighted by Crippen LogP contribution is -2.40. The maximum absolute atomic E-state index is 4.90. The van der Waals surface area contributed by atoms with Crippen molar-refractivity contribution < 1.29 is 0 Å². The van der Waals surface area contributed by atoms with E-state index in [-0.39, 0.29) is 0 Å². The van der Waals surface area contributed by atoms with E-state index in [9.17, 15) is 0 Å². The van der Waals surface area contributed by atoms with Gasteiger partial charge in [-0.3, -0.25) is 0 Å². The molecule has 2 aliphatic rings. The second-order valence-corrected chi connectivity index (χ2v) is 5.68. The van der Waals surface area contributed by atoms with Gasteiger partial charge in [0.2, 0.25) is 0 Å². The Morgan fingerprint density at radius 1 is 1.00 bits per heavy atom. The van der Waals surface area contributed by atoms with E-state index in [0.717, 1.165) is 13.1 Å². The van der Waals surface area contributed by atoms with Gasteiger partial charge >= 0.3 is 0 Å². The topological polar surface area (TPSA) is 40.7 Å². The monoisotopic (exact) mass is 233 g/mol. The molecule has 1 aliphatic heterocycles. The summed E-state index contributed by atoms with van der Waals surface area (Å²) in [7, 11) is 0. The van der Waals surface area contributed by atoms with Crippen LogP contribution in [0.5, 0.6) is 0 Å². The Labute approximate surface area is 103 Å². The van der Waals surface area contributed by atoms with Crippen LogP contribution < -0.4 is 5.32 Å². The molecule has 3 nitrogen and oxygen atoms in total. The zero-order valence-corrected chi connectivity index (χ0v) is 10.8. The molecule has 2 fully saturated rings. The van der Waals surface area contributed by atoms with E-state index in [2.05, 4.69) is 17.2 Å². The standard InChI is InChI=1S/C14H23N3/c1-10-13(12-8-15-9-12)17-14(16-10)11-6-4-2-3-5-7-11/h11-12,15H,2-9H2,1H3,(H,16,17). The first-order chi connectivity index (χ1) is 8.34. The maximum Gasteiger partial charge on any atom is 0.109 e. The maximum atomic E-state index is 4.90. The third kappa shape index (κ3) is 2.25. The van der Waals surface area contributed by atoms with E-state index in [1.165, 1.54) is 55.7 Å². The van der Waals surface area contributed by atoms with Gasteiger partial charge in [-0.05, 0) is 19.8 Å². The molecule has 3 rings (SSSR count). The lowest BCUT2D eigenvalue weighted by atomic mass is 9.98. The first-order valence-corrected chi connectivity index (χ1v) is 7.11. The number of imidazole rings is 1. The molecule has 94 valence electrons. The summed E-state index contributed by atoms with van der Waals surface area (Å²) in [6.45, 7) is 4.40. The zero-order valence-electron chi connectivity index (χ0n) is 10.8. The van der Waals surface area contributed by atoms with Crippen LogP contribution in [-0.4, -0.2) is 23.1 Å². The number of rotatable bonds is 2. The fourth-order valence-electron chi connectivity index (χ4n) is 3.12. The average Bonchev–Trinajstić information content (AvgIpc) is 2.52. The molecule has 1 aliphatic carbocycles. The average molecular weight is 233 g/mol. The van der Waals surface area contributed by atoms with Gasteiger partial charge in [0.15, 0.2) is 0 Å². The van der Waals surface area contributed by atoms with Crippen LogP contribution in [0.25, 0.3) is 0 Å². The minimum absolute atomic E-state index is 0.658. The van der Waals surface area contributed by atoms with E-state index < -0.39 is 0 Å². The second-order valence-electron chi connectivity index (χ2n) is 5.68. The van der Waals surface area contributed by atoms with Crippen LogP contribution in [0.4, 0.5) is 0 Å². The molecule has 1 aromatic heterocycles. The summed E-state index contributed by atoms with van der Waals surface area (Å²) in [5.41, 5.74) is 2.62. The molecule has 0 aromatic carbocycles. The number of H-pyrrole nitrogens is 1. The smallest absolute Gasteiger partial charge is 0.109 e. The highest BCUT2D eigenvalue weighted by atomic mass is 15.0. The Hall–Kier alpha value is -0.830. The van der Waals surface area contributed by atoms with Crippen LogP contribution in [0.15, 0.2) is 0 Å². The van der Waals surface area contributed by atoms with Gasteiger partial charge in [-0.2, -0.15) is 0 Å². The van der Waals surface area contributed by atoms with Crippen molar-refractivity contribution in [3.63, 3.8) is 0 Å². The van der Waals surface area contributed by atoms with E-state index in [0.29, 0.717) is 11.8 Å². The van der Waals surface area contributed by atoms with Gasteiger partial charge in [-0.25, -0.2) is 4.98 Å². The number of nitrogens with one attached hydrogen (secondary N) is 2. The molecular formula is C14H23N3. The third-order valence-corrected chi connectivity index (χ3v) is 4.35. The Kier molecular flexibility index (Phi) is 3.19. The summed E-state index contributed by atoms with van der Waals surface area (Å²) in [4.78, 5) is 8.45. The van der Waals surface area contributed by atoms with Crippen molar-refractivity contribution >= 4 is 0 Å². The molecule has 1 aromatic rings. The highest BCUT2D eigenvalue weighted by Crippen LogP contribution is 2.32. The number of aryl methyl sites for hydroxylation is 1. The van der Waals surface area contributed by atoms with Crippen molar-refractivity contribution in [3.8, 4) is 0 Å². The Balaban J connectivity index is 1.77. The normalized spacial score (nSPS) is 23.4. The van der Waals surface area contributed by atoms with Crippen LogP contribution in [-0.2, 0) is 0 Å². The van der Waals surface area contributed by atoms with Crippen LogP contribution in [0.1, 0.15) is 67.6 Å². The molecule has 0 bridgehead atoms. The fraction of sp³-hybridized carbons (Fsp3) is 0.786. The van der Waals surface area contributed by atoms with Gasteiger partial charge in [-0.15, -0.1) is 0 Å². The van der Waals surface area contributed by atoms with Gasteiger partial charge in [0.1, 0.15) is 5.82 Å². The molecule has 17 heavy (non-hydrogen) atoms. The van der Waals surface area contributed by atoms with Crippen LogP contribution in [0.3, 0.4) is 0 Å². The Morgan fingerprint density at radius 2 is 1.71 bits per heavy atom. The number of hydrogen-bond donors (Lipinski definition) is 2. The summed E-state index contributed by atoms with van der Waals surface area (Å²) in [6.07, 6.45) is 8.24. The Bertz CT molecular complexity index is 371. The van der Waals surface area contributed by atoms with Crippen molar-refractivity contribution in [1.29, 1.82) is 0 Å². The van der Waals surface area contributed by atoms with E-state index in [1.54, 1.807) is 0 Å². The zero-order chi connectivity index (χ0) is 11.7. The van der Waals surface area contributed by atoms with Crippen molar-refractivity contribution in [2.24, 2.45) is 0 Å². The summed E-state index contributed by atoms with van der Waals surface area (Å²) in [5, 5.41) is 3.33. The van der Waals surface area contributed by atoms with E-state index in [1.807, 2.05) is 0 Å². The van der Waals surface area contributed by atoms with Crippen molar-refractivity contribution in [2.45, 2.75) is 57.3 Å². The van der Waals surface area contributed by atoms with Crippen molar-refractivity contribution in [2.75, 3.05) is 13.1 Å². The van der Waals surface area contributed by atoms with Gasteiger partial charge in [0, 0.05) is 30.6 Å². The summed E-state index contributed by atoms with van der Waals surface area (Å²) >= 11 is 0. The quantitative estimate of drug-likeness (QED) is 0.771. The molecule has 0 radical (unpaired) electrons. The molecule has 2 heterocycles. The summed E-state index contributed by atoms with van der Waals surface area (Å²) < 4.78 is 0. The SMILES string of the molecule is Cc1[nH]c(C2CCCCCC2)nc1C1CNC1. The first kappa shape index (κ1) is 11.3. The molecule has 0 spiro atoms. The second kappa shape index (κ2) is 4.81. The lowest BCUT2D eigenvalue weighted by molar-refractivity contribution is 0.438. The summed E-state index contributed by atoms with van der Waals surface area (Å²) in [6, 6.07) is 0. The largest absolute Gasteiger partial charge is 0.346 e. The first-order valence-electron chi connectivity index (χ1n) is 7.11. The molecule has 3 heteroatoms. The highest BCUT2D eigenvalue weighted by molar-refractivity contribution is 5.22. The van der Waals surface area contributed by atoms with E-state index >= 15 is 0 Å². The highest BCUT2D eigenvalue weighted by Gasteiger charge is 2.26. The third-order valence-electron chi connectivity index (χ3n) is 4.35. The predicted octanol–water partition coefficient (Wildman–Crippen LogP) is 2.84. The minimum Gasteiger partial charge on any atom is -0.346 e. The fourth-order valence-corrected chi connectivity index (χ4v) is 3.12. The predicted molar refractivity (Wildman–Crippen MR) is 69.4 cm³/mol. The Morgan fingerprint density at radius 3 is 2.29 bits per heavy atom. The molecule has 1 saturated carbocycles. The van der Waals surface area contributed by atoms with Gasteiger partial charge in [0.05, 0.1) is 5.69 Å². The molecular weight excluding hydrogens is 210 g/mol. The van der Waals surface area contributed by atoms with Crippen LogP contribution >= 0.6 is 0 Å². The molecule has 0 atom stereocenters. The lowest BCUT2D eigenvalue weighted by Gasteiger charge is -2.25. The van der Waals surface area contributed by atoms with Crippen LogP contribution in [0, 0.1) is 6.92 Å². The number of hydrogen-bond acceptors (Lipinski definition) is 2. The van der Waals surface area contributed by atoms with Crippen molar-refractivity contribution in [1.82, 2.24) is 15.3 Å². The van der Waals surface area contributed by atoms with Crippen LogP contribution in [0.2, 0.25) is 0 Å². The molecule has 1 saturated heterocycles. The number of nitrogens with zero attached hydrogens (tertiary/aromatic N) is 1. The van der Waals surface area contributed by atoms with Gasteiger partial charge in [-0.1, -0.05) is 25.7 Å². The molecule has 0 amide bonds. The minimum atomic E-state index is 0.658. The molecule has 0 unspecified atom stereocenters. The van der Waals surface area contributed by atoms with Gasteiger partial charge in [0.25, 0.3) is 0 Å².